The molecule has 0 bridgehead atoms. The first kappa shape index (κ1) is 20.0. The van der Waals surface area contributed by atoms with Crippen molar-refractivity contribution in [1.82, 2.24) is 5.32 Å². The molecule has 1 atom stereocenters. The Kier molecular flexibility index (Phi) is 6.47. The number of rotatable bonds is 7. The van der Waals surface area contributed by atoms with Crippen LogP contribution in [0.25, 0.3) is 0 Å². The van der Waals surface area contributed by atoms with E-state index in [4.69, 9.17) is 4.74 Å². The number of carbonyl (C=O) groups is 2. The van der Waals surface area contributed by atoms with Gasteiger partial charge in [-0.2, -0.15) is 13.2 Å². The summed E-state index contributed by atoms with van der Waals surface area (Å²) in [5.41, 5.74) is 1.55. The zero-order valence-electron chi connectivity index (χ0n) is 14.6. The SMILES string of the molecule is COc1ccc(C)cc1N1CC(C(=O)NCCOCC(F)(F)F)CC1=O. The Balaban J connectivity index is 1.89. The molecule has 2 amide bonds. The van der Waals surface area contributed by atoms with Crippen molar-refractivity contribution >= 4 is 17.5 Å². The molecular formula is C17H21F3N2O4. The molecule has 1 N–H and O–H groups in total. The van der Waals surface area contributed by atoms with Crippen LogP contribution in [-0.4, -0.2) is 51.4 Å². The number of hydrogen-bond donors (Lipinski definition) is 1. The Hall–Kier alpha value is -2.29. The van der Waals surface area contributed by atoms with Gasteiger partial charge in [0.1, 0.15) is 12.4 Å². The summed E-state index contributed by atoms with van der Waals surface area (Å²) in [6.07, 6.45) is -4.36. The molecule has 1 aromatic rings. The van der Waals surface area contributed by atoms with Gasteiger partial charge < -0.3 is 19.7 Å². The second-order valence-electron chi connectivity index (χ2n) is 6.04. The van der Waals surface area contributed by atoms with E-state index in [1.807, 2.05) is 19.1 Å². The highest BCUT2D eigenvalue weighted by Gasteiger charge is 2.36. The second-order valence-corrected chi connectivity index (χ2v) is 6.04. The van der Waals surface area contributed by atoms with Crippen molar-refractivity contribution in [3.05, 3.63) is 23.8 Å². The van der Waals surface area contributed by atoms with Gasteiger partial charge >= 0.3 is 6.18 Å². The van der Waals surface area contributed by atoms with Crippen LogP contribution in [0.4, 0.5) is 18.9 Å². The van der Waals surface area contributed by atoms with Crippen LogP contribution in [0.1, 0.15) is 12.0 Å². The molecule has 1 unspecified atom stereocenters. The van der Waals surface area contributed by atoms with E-state index in [9.17, 15) is 22.8 Å². The molecule has 1 aromatic carbocycles. The van der Waals surface area contributed by atoms with Crippen molar-refractivity contribution in [2.24, 2.45) is 5.92 Å². The lowest BCUT2D eigenvalue weighted by Gasteiger charge is -2.20. The zero-order chi connectivity index (χ0) is 19.3. The fraction of sp³-hybridized carbons (Fsp3) is 0.529. The zero-order valence-corrected chi connectivity index (χ0v) is 14.6. The number of benzene rings is 1. The minimum Gasteiger partial charge on any atom is -0.495 e. The van der Waals surface area contributed by atoms with Crippen molar-refractivity contribution < 1.29 is 32.2 Å². The molecule has 26 heavy (non-hydrogen) atoms. The number of aryl methyl sites for hydroxylation is 1. The highest BCUT2D eigenvalue weighted by molar-refractivity contribution is 6.01. The molecule has 0 aliphatic carbocycles. The van der Waals surface area contributed by atoms with Crippen molar-refractivity contribution in [1.29, 1.82) is 0 Å². The van der Waals surface area contributed by atoms with Crippen LogP contribution in [0, 0.1) is 12.8 Å². The summed E-state index contributed by atoms with van der Waals surface area (Å²) in [6.45, 7) is 0.420. The van der Waals surface area contributed by atoms with Crippen molar-refractivity contribution in [2.45, 2.75) is 19.5 Å². The predicted molar refractivity (Wildman–Crippen MR) is 88.1 cm³/mol. The Morgan fingerprint density at radius 3 is 2.77 bits per heavy atom. The van der Waals surface area contributed by atoms with Gasteiger partial charge in [0.2, 0.25) is 11.8 Å². The Bertz CT molecular complexity index is 664. The van der Waals surface area contributed by atoms with Crippen LogP contribution in [0.5, 0.6) is 5.75 Å². The van der Waals surface area contributed by atoms with Crippen LogP contribution in [0.2, 0.25) is 0 Å². The van der Waals surface area contributed by atoms with E-state index >= 15 is 0 Å². The van der Waals surface area contributed by atoms with E-state index < -0.39 is 18.7 Å². The van der Waals surface area contributed by atoms with E-state index in [0.717, 1.165) is 5.56 Å². The maximum atomic E-state index is 12.3. The topological polar surface area (TPSA) is 67.9 Å². The predicted octanol–water partition coefficient (Wildman–Crippen LogP) is 2.05. The molecular weight excluding hydrogens is 353 g/mol. The first-order valence-corrected chi connectivity index (χ1v) is 8.08. The van der Waals surface area contributed by atoms with Crippen LogP contribution < -0.4 is 15.0 Å². The third-order valence-electron chi connectivity index (χ3n) is 3.93. The van der Waals surface area contributed by atoms with Crippen LogP contribution in [0.15, 0.2) is 18.2 Å². The van der Waals surface area contributed by atoms with E-state index in [1.165, 1.54) is 12.0 Å². The van der Waals surface area contributed by atoms with Gasteiger partial charge in [-0.05, 0) is 24.6 Å². The van der Waals surface area contributed by atoms with Crippen LogP contribution in [0.3, 0.4) is 0 Å². The molecule has 2 rings (SSSR count). The number of alkyl halides is 3. The number of nitrogens with zero attached hydrogens (tertiary/aromatic N) is 1. The minimum atomic E-state index is -4.39. The highest BCUT2D eigenvalue weighted by atomic mass is 19.4. The summed E-state index contributed by atoms with van der Waals surface area (Å²) in [6, 6.07) is 5.42. The number of anilines is 1. The largest absolute Gasteiger partial charge is 0.495 e. The van der Waals surface area contributed by atoms with Gasteiger partial charge in [-0.15, -0.1) is 0 Å². The van der Waals surface area contributed by atoms with Crippen LogP contribution in [-0.2, 0) is 14.3 Å². The Labute approximate surface area is 149 Å². The van der Waals surface area contributed by atoms with Crippen molar-refractivity contribution in [3.63, 3.8) is 0 Å². The highest BCUT2D eigenvalue weighted by Crippen LogP contribution is 2.33. The van der Waals surface area contributed by atoms with Gasteiger partial charge in [0, 0.05) is 19.5 Å². The van der Waals surface area contributed by atoms with Gasteiger partial charge in [-0.1, -0.05) is 6.07 Å². The summed E-state index contributed by atoms with van der Waals surface area (Å²) < 4.78 is 45.6. The molecule has 0 spiro atoms. The average molecular weight is 374 g/mol. The van der Waals surface area contributed by atoms with Crippen molar-refractivity contribution in [2.75, 3.05) is 38.3 Å². The number of hydrogen-bond acceptors (Lipinski definition) is 4. The maximum Gasteiger partial charge on any atom is 0.411 e. The van der Waals surface area contributed by atoms with Crippen molar-refractivity contribution in [3.8, 4) is 5.75 Å². The molecule has 0 aromatic heterocycles. The fourth-order valence-electron chi connectivity index (χ4n) is 2.71. The average Bonchev–Trinajstić information content (AvgIpc) is 2.95. The molecule has 1 saturated heterocycles. The minimum absolute atomic E-state index is 0.0341. The number of carbonyl (C=O) groups excluding carboxylic acids is 2. The van der Waals surface area contributed by atoms with Gasteiger partial charge in [-0.25, -0.2) is 0 Å². The van der Waals surface area contributed by atoms with Gasteiger partial charge in [0.05, 0.1) is 25.3 Å². The lowest BCUT2D eigenvalue weighted by molar-refractivity contribution is -0.173. The lowest BCUT2D eigenvalue weighted by atomic mass is 10.1. The van der Waals surface area contributed by atoms with E-state index in [1.54, 1.807) is 6.07 Å². The summed E-state index contributed by atoms with van der Waals surface area (Å²) in [5.74, 6) is -0.633. The number of amides is 2. The molecule has 0 saturated carbocycles. The lowest BCUT2D eigenvalue weighted by Crippen LogP contribution is -2.35. The number of nitrogens with one attached hydrogen (secondary N) is 1. The maximum absolute atomic E-state index is 12.3. The normalized spacial score (nSPS) is 17.5. The van der Waals surface area contributed by atoms with Gasteiger partial charge in [0.15, 0.2) is 0 Å². The first-order chi connectivity index (χ1) is 12.2. The Morgan fingerprint density at radius 1 is 1.38 bits per heavy atom. The second kappa shape index (κ2) is 8.39. The number of halogens is 3. The fourth-order valence-corrected chi connectivity index (χ4v) is 2.71. The summed E-state index contributed by atoms with van der Waals surface area (Å²) in [4.78, 5) is 25.9. The van der Waals surface area contributed by atoms with E-state index in [0.29, 0.717) is 11.4 Å². The molecule has 0 radical (unpaired) electrons. The summed E-state index contributed by atoms with van der Waals surface area (Å²) in [5, 5.41) is 2.50. The summed E-state index contributed by atoms with van der Waals surface area (Å²) >= 11 is 0. The molecule has 1 aliphatic rings. The monoisotopic (exact) mass is 374 g/mol. The molecule has 9 heteroatoms. The first-order valence-electron chi connectivity index (χ1n) is 8.08. The molecule has 1 heterocycles. The number of methoxy groups -OCH3 is 1. The van der Waals surface area contributed by atoms with E-state index in [-0.39, 0.29) is 37.9 Å². The number of ether oxygens (including phenoxy) is 2. The smallest absolute Gasteiger partial charge is 0.411 e. The Morgan fingerprint density at radius 2 is 2.12 bits per heavy atom. The third kappa shape index (κ3) is 5.35. The van der Waals surface area contributed by atoms with Gasteiger partial charge in [0.25, 0.3) is 0 Å². The summed E-state index contributed by atoms with van der Waals surface area (Å²) in [7, 11) is 1.50. The van der Waals surface area contributed by atoms with Crippen LogP contribution >= 0.6 is 0 Å². The molecule has 6 nitrogen and oxygen atoms in total. The third-order valence-corrected chi connectivity index (χ3v) is 3.93. The quantitative estimate of drug-likeness (QED) is 0.742. The van der Waals surface area contributed by atoms with E-state index in [2.05, 4.69) is 10.1 Å². The van der Waals surface area contributed by atoms with Gasteiger partial charge in [-0.3, -0.25) is 9.59 Å². The standard InChI is InChI=1S/C17H21F3N2O4/c1-11-3-4-14(25-2)13(7-11)22-9-12(8-15(22)23)16(24)21-5-6-26-10-17(18,19)20/h3-4,7,12H,5-6,8-10H2,1-2H3,(H,21,24). The molecule has 1 fully saturated rings. The molecule has 1 aliphatic heterocycles. The molecule has 144 valence electrons.